The van der Waals surface area contributed by atoms with Crippen LogP contribution < -0.4 is 0 Å². The van der Waals surface area contributed by atoms with Crippen LogP contribution in [0, 0.1) is 5.92 Å². The van der Waals surface area contributed by atoms with Crippen LogP contribution in [0.25, 0.3) is 0 Å². The molecule has 1 aromatic heterocycles. The lowest BCUT2D eigenvalue weighted by molar-refractivity contribution is -0.108. The van der Waals surface area contributed by atoms with Gasteiger partial charge in [-0.1, -0.05) is 12.2 Å². The van der Waals surface area contributed by atoms with E-state index in [-0.39, 0.29) is 0 Å². The van der Waals surface area contributed by atoms with E-state index in [1.54, 1.807) is 11.3 Å². The van der Waals surface area contributed by atoms with E-state index >= 15 is 0 Å². The minimum Gasteiger partial charge on any atom is -0.312 e. The van der Waals surface area contributed by atoms with Crippen LogP contribution in [0.5, 0.6) is 0 Å². The summed E-state index contributed by atoms with van der Waals surface area (Å²) < 4.78 is 0. The van der Waals surface area contributed by atoms with Gasteiger partial charge >= 0.3 is 0 Å². The van der Waals surface area contributed by atoms with Crippen LogP contribution in [-0.2, 0) is 11.3 Å². The Bertz CT molecular complexity index is 485. The van der Waals surface area contributed by atoms with Crippen molar-refractivity contribution in [3.8, 4) is 0 Å². The minimum absolute atomic E-state index is 0.734. The number of aldehydes is 2. The van der Waals surface area contributed by atoms with Crippen LogP contribution >= 0.6 is 11.3 Å². The topological polar surface area (TPSA) is 40.6 Å². The van der Waals surface area contributed by atoms with Gasteiger partial charge in [-0.2, -0.15) is 0 Å². The Hall–Kier alpha value is -1.30. The van der Waals surface area contributed by atoms with Gasteiger partial charge in [-0.05, 0) is 72.6 Å². The third-order valence-electron chi connectivity index (χ3n) is 3.12. The summed E-state index contributed by atoms with van der Waals surface area (Å²) in [6.45, 7) is 4.75. The second-order valence-electron chi connectivity index (χ2n) is 6.77. The van der Waals surface area contributed by atoms with Crippen molar-refractivity contribution in [3.63, 3.8) is 0 Å². The fourth-order valence-corrected chi connectivity index (χ4v) is 3.06. The molecule has 1 saturated carbocycles. The third-order valence-corrected chi connectivity index (χ3v) is 4.11. The average molecular weight is 353 g/mol. The van der Waals surface area contributed by atoms with Gasteiger partial charge < -0.3 is 14.6 Å². The molecule has 1 aliphatic rings. The van der Waals surface area contributed by atoms with E-state index in [0.717, 1.165) is 55.6 Å². The van der Waals surface area contributed by atoms with Gasteiger partial charge in [0.25, 0.3) is 0 Å². The highest BCUT2D eigenvalue weighted by atomic mass is 32.1. The largest absolute Gasteiger partial charge is 0.312 e. The van der Waals surface area contributed by atoms with E-state index in [1.807, 2.05) is 52.3 Å². The summed E-state index contributed by atoms with van der Waals surface area (Å²) in [5.41, 5.74) is 1.35. The molecule has 0 atom stereocenters. The van der Waals surface area contributed by atoms with Crippen LogP contribution in [0.15, 0.2) is 24.3 Å². The SMILES string of the molecule is C=C1CC(CCC=O)C1.CN(C)C.CN(C)Cc1ccc(C=O)s1. The first-order valence-electron chi connectivity index (χ1n) is 8.18. The van der Waals surface area contributed by atoms with E-state index in [4.69, 9.17) is 0 Å². The molecule has 136 valence electrons. The molecule has 0 amide bonds. The first-order valence-corrected chi connectivity index (χ1v) is 9.00. The maximum atomic E-state index is 10.3. The van der Waals surface area contributed by atoms with Gasteiger partial charge in [-0.3, -0.25) is 4.79 Å². The van der Waals surface area contributed by atoms with Crippen LogP contribution in [0.1, 0.15) is 40.2 Å². The lowest BCUT2D eigenvalue weighted by Crippen LogP contribution is -2.13. The van der Waals surface area contributed by atoms with Crippen LogP contribution in [0.3, 0.4) is 0 Å². The molecule has 0 unspecified atom stereocenters. The molecule has 1 aliphatic carbocycles. The molecule has 0 aliphatic heterocycles. The summed E-state index contributed by atoms with van der Waals surface area (Å²) in [5, 5.41) is 0. The molecule has 2 rings (SSSR count). The van der Waals surface area contributed by atoms with Gasteiger partial charge in [-0.15, -0.1) is 11.3 Å². The Morgan fingerprint density at radius 3 is 2.12 bits per heavy atom. The number of carbonyl (C=O) groups is 2. The Kier molecular flexibility index (Phi) is 12.3. The molecule has 1 aromatic rings. The van der Waals surface area contributed by atoms with Gasteiger partial charge in [0.15, 0.2) is 6.29 Å². The van der Waals surface area contributed by atoms with Gasteiger partial charge in [0, 0.05) is 17.8 Å². The fourth-order valence-electron chi connectivity index (χ4n) is 2.12. The molecule has 1 heterocycles. The van der Waals surface area contributed by atoms with Gasteiger partial charge in [0.2, 0.25) is 0 Å². The molecule has 0 bridgehead atoms. The zero-order chi connectivity index (χ0) is 18.5. The van der Waals surface area contributed by atoms with Gasteiger partial charge in [-0.25, -0.2) is 0 Å². The Morgan fingerprint density at radius 1 is 1.17 bits per heavy atom. The lowest BCUT2D eigenvalue weighted by atomic mass is 9.78. The van der Waals surface area contributed by atoms with Gasteiger partial charge in [0.05, 0.1) is 4.88 Å². The second-order valence-corrected chi connectivity index (χ2v) is 7.97. The van der Waals surface area contributed by atoms with E-state index in [2.05, 4.69) is 11.5 Å². The predicted molar refractivity (Wildman–Crippen MR) is 104 cm³/mol. The Labute approximate surface area is 151 Å². The smallest absolute Gasteiger partial charge is 0.160 e. The van der Waals surface area contributed by atoms with E-state index in [1.165, 1.54) is 10.5 Å². The van der Waals surface area contributed by atoms with Crippen LogP contribution in [0.4, 0.5) is 0 Å². The number of nitrogens with zero attached hydrogens (tertiary/aromatic N) is 2. The maximum absolute atomic E-state index is 10.3. The van der Waals surface area contributed by atoms with E-state index in [0.29, 0.717) is 0 Å². The van der Waals surface area contributed by atoms with E-state index in [9.17, 15) is 9.59 Å². The van der Waals surface area contributed by atoms with Crippen molar-refractivity contribution in [1.82, 2.24) is 9.80 Å². The molecule has 0 saturated heterocycles. The number of carbonyl (C=O) groups excluding carboxylic acids is 2. The fraction of sp³-hybridized carbons (Fsp3) is 0.579. The first kappa shape index (κ1) is 22.7. The summed E-state index contributed by atoms with van der Waals surface area (Å²) in [6.07, 6.45) is 6.02. The molecule has 1 fully saturated rings. The average Bonchev–Trinajstić information content (AvgIpc) is 2.89. The zero-order valence-electron chi connectivity index (χ0n) is 15.7. The third kappa shape index (κ3) is 12.2. The second kappa shape index (κ2) is 13.0. The standard InChI is InChI=1S/C8H11NOS.C8H12O.C3H9N/c1-9(2)5-7-3-4-8(6-10)11-7;1-7-5-8(6-7)3-2-4-9;1-4(2)3/h3-4,6H,5H2,1-2H3;4,8H,1-3,5-6H2;1-3H3. The summed E-state index contributed by atoms with van der Waals surface area (Å²) in [4.78, 5) is 26.3. The van der Waals surface area contributed by atoms with Crippen molar-refractivity contribution in [3.05, 3.63) is 34.0 Å². The monoisotopic (exact) mass is 352 g/mol. The molecule has 5 heteroatoms. The van der Waals surface area contributed by atoms with Gasteiger partial charge in [0.1, 0.15) is 6.29 Å². The summed E-state index contributed by atoms with van der Waals surface area (Å²) in [5.74, 6) is 0.780. The number of hydrogen-bond donors (Lipinski definition) is 0. The normalized spacial score (nSPS) is 13.5. The zero-order valence-corrected chi connectivity index (χ0v) is 16.6. The molecular formula is C19H32N2O2S. The molecular weight excluding hydrogens is 320 g/mol. The summed E-state index contributed by atoms with van der Waals surface area (Å²) in [6, 6.07) is 3.85. The van der Waals surface area contributed by atoms with Crippen molar-refractivity contribution in [2.45, 2.75) is 32.2 Å². The van der Waals surface area contributed by atoms with Crippen molar-refractivity contribution in [1.29, 1.82) is 0 Å². The number of hydrogen-bond acceptors (Lipinski definition) is 5. The molecule has 0 spiro atoms. The van der Waals surface area contributed by atoms with E-state index < -0.39 is 0 Å². The predicted octanol–water partition coefficient (Wildman–Crippen LogP) is 3.73. The summed E-state index contributed by atoms with van der Waals surface area (Å²) in [7, 11) is 10.0. The molecule has 0 aromatic carbocycles. The van der Waals surface area contributed by atoms with Crippen molar-refractivity contribution >= 4 is 23.9 Å². The first-order chi connectivity index (χ1) is 11.3. The van der Waals surface area contributed by atoms with Crippen molar-refractivity contribution in [2.24, 2.45) is 5.92 Å². The highest BCUT2D eigenvalue weighted by Crippen LogP contribution is 2.34. The van der Waals surface area contributed by atoms with Crippen LogP contribution in [-0.4, -0.2) is 57.6 Å². The highest BCUT2D eigenvalue weighted by molar-refractivity contribution is 7.13. The molecule has 24 heavy (non-hydrogen) atoms. The lowest BCUT2D eigenvalue weighted by Gasteiger charge is -2.27. The number of allylic oxidation sites excluding steroid dienone is 1. The Morgan fingerprint density at radius 2 is 1.75 bits per heavy atom. The number of rotatable bonds is 6. The molecule has 0 N–H and O–H groups in total. The minimum atomic E-state index is 0.734. The maximum Gasteiger partial charge on any atom is 0.160 e. The Balaban J connectivity index is 0.000000367. The highest BCUT2D eigenvalue weighted by Gasteiger charge is 2.19. The van der Waals surface area contributed by atoms with Crippen LogP contribution in [0.2, 0.25) is 0 Å². The molecule has 4 nitrogen and oxygen atoms in total. The number of thiophene rings is 1. The quantitative estimate of drug-likeness (QED) is 0.578. The summed E-state index contributed by atoms with van der Waals surface area (Å²) >= 11 is 1.55. The van der Waals surface area contributed by atoms with Crippen molar-refractivity contribution < 1.29 is 9.59 Å². The molecule has 0 radical (unpaired) electrons. The van der Waals surface area contributed by atoms with Crippen molar-refractivity contribution in [2.75, 3.05) is 35.2 Å².